The molecule has 0 bridgehead atoms. The first kappa shape index (κ1) is 17.3. The topological polar surface area (TPSA) is 70.8 Å². The van der Waals surface area contributed by atoms with Crippen LogP contribution in [0.5, 0.6) is 0 Å². The van der Waals surface area contributed by atoms with Gasteiger partial charge in [0.1, 0.15) is 11.3 Å². The van der Waals surface area contributed by atoms with E-state index in [9.17, 15) is 14.7 Å². The van der Waals surface area contributed by atoms with Gasteiger partial charge >= 0.3 is 5.97 Å². The third kappa shape index (κ3) is 3.76. The van der Waals surface area contributed by atoms with Crippen molar-refractivity contribution in [3.05, 3.63) is 58.5 Å². The Morgan fingerprint density at radius 3 is 2.24 bits per heavy atom. The molecule has 5 heteroatoms. The van der Waals surface area contributed by atoms with Gasteiger partial charge in [-0.3, -0.25) is 4.79 Å². The molecule has 0 saturated heterocycles. The zero-order chi connectivity index (χ0) is 18.0. The fourth-order valence-corrected chi connectivity index (χ4v) is 2.95. The maximum Gasteiger partial charge on any atom is 0.339 e. The summed E-state index contributed by atoms with van der Waals surface area (Å²) in [5, 5.41) is 9.25. The van der Waals surface area contributed by atoms with E-state index in [1.165, 1.54) is 11.6 Å². The van der Waals surface area contributed by atoms with Gasteiger partial charge in [-0.05, 0) is 30.4 Å². The summed E-state index contributed by atoms with van der Waals surface area (Å²) >= 11 is 0. The summed E-state index contributed by atoms with van der Waals surface area (Å²) in [5.41, 5.74) is 2.41. The Morgan fingerprint density at radius 2 is 1.76 bits per heavy atom. The molecular formula is C20H23NO4. The van der Waals surface area contributed by atoms with Crippen LogP contribution in [-0.4, -0.2) is 27.9 Å². The summed E-state index contributed by atoms with van der Waals surface area (Å²) in [7, 11) is 0. The minimum atomic E-state index is -1.06. The first-order valence-electron chi connectivity index (χ1n) is 8.78. The number of aromatic carboxylic acids is 1. The average Bonchev–Trinajstić information content (AvgIpc) is 3.36. The number of carboxylic acid groups (broad SMARTS) is 1. The molecule has 5 nitrogen and oxygen atoms in total. The van der Waals surface area contributed by atoms with E-state index in [1.807, 2.05) is 19.1 Å². The highest BCUT2D eigenvalue weighted by molar-refractivity contribution is 5.96. The van der Waals surface area contributed by atoms with E-state index in [2.05, 4.69) is 19.1 Å². The number of benzene rings is 1. The Kier molecular flexibility index (Phi) is 4.93. The van der Waals surface area contributed by atoms with E-state index in [0.717, 1.165) is 24.8 Å². The zero-order valence-electron chi connectivity index (χ0n) is 14.6. The second-order valence-electron chi connectivity index (χ2n) is 6.44. The van der Waals surface area contributed by atoms with Crippen LogP contribution in [-0.2, 0) is 19.4 Å². The Bertz CT molecular complexity index is 771. The van der Waals surface area contributed by atoms with Crippen molar-refractivity contribution in [1.82, 2.24) is 4.90 Å². The summed E-state index contributed by atoms with van der Waals surface area (Å²) in [6, 6.07) is 9.82. The summed E-state index contributed by atoms with van der Waals surface area (Å²) in [6.45, 7) is 4.43. The van der Waals surface area contributed by atoms with E-state index in [4.69, 9.17) is 4.42 Å². The minimum Gasteiger partial charge on any atom is -0.478 e. The van der Waals surface area contributed by atoms with Crippen molar-refractivity contribution in [3.8, 4) is 0 Å². The lowest BCUT2D eigenvalue weighted by atomic mass is 10.1. The minimum absolute atomic E-state index is 0.0777. The van der Waals surface area contributed by atoms with Gasteiger partial charge in [-0.1, -0.05) is 38.1 Å². The third-order valence-electron chi connectivity index (χ3n) is 4.60. The van der Waals surface area contributed by atoms with Crippen LogP contribution in [0.25, 0.3) is 0 Å². The molecule has 132 valence electrons. The number of hydrogen-bond donors (Lipinski definition) is 1. The van der Waals surface area contributed by atoms with Gasteiger partial charge in [0.2, 0.25) is 0 Å². The predicted molar refractivity (Wildman–Crippen MR) is 93.8 cm³/mol. The first-order valence-corrected chi connectivity index (χ1v) is 8.78. The molecule has 0 unspecified atom stereocenters. The number of rotatable bonds is 7. The molecule has 1 aromatic heterocycles. The maximum atomic E-state index is 12.9. The summed E-state index contributed by atoms with van der Waals surface area (Å²) in [4.78, 5) is 26.0. The normalized spacial score (nSPS) is 13.7. The highest BCUT2D eigenvalue weighted by Gasteiger charge is 2.35. The van der Waals surface area contributed by atoms with Gasteiger partial charge in [-0.2, -0.15) is 0 Å². The van der Waals surface area contributed by atoms with Crippen LogP contribution in [0.3, 0.4) is 0 Å². The van der Waals surface area contributed by atoms with Crippen LogP contribution in [0, 0.1) is 0 Å². The van der Waals surface area contributed by atoms with Crippen molar-refractivity contribution in [1.29, 1.82) is 0 Å². The van der Waals surface area contributed by atoms with Gasteiger partial charge in [0, 0.05) is 25.1 Å². The fraction of sp³-hybridized carbons (Fsp3) is 0.400. The van der Waals surface area contributed by atoms with Crippen LogP contribution in [0.1, 0.15) is 64.5 Å². The molecule has 3 rings (SSSR count). The van der Waals surface area contributed by atoms with Crippen LogP contribution in [0.2, 0.25) is 0 Å². The highest BCUT2D eigenvalue weighted by atomic mass is 16.4. The molecule has 25 heavy (non-hydrogen) atoms. The molecule has 1 fully saturated rings. The molecule has 0 radical (unpaired) electrons. The van der Waals surface area contributed by atoms with Crippen molar-refractivity contribution >= 4 is 11.9 Å². The van der Waals surface area contributed by atoms with Gasteiger partial charge in [-0.25, -0.2) is 4.79 Å². The Balaban J connectivity index is 1.82. The van der Waals surface area contributed by atoms with Gasteiger partial charge < -0.3 is 14.4 Å². The van der Waals surface area contributed by atoms with Crippen molar-refractivity contribution in [2.75, 3.05) is 0 Å². The summed E-state index contributed by atoms with van der Waals surface area (Å²) in [6.07, 6.45) is 3.38. The number of carboxylic acids is 1. The molecule has 1 N–H and O–H groups in total. The number of carbonyl (C=O) groups is 2. The molecule has 1 aromatic carbocycles. The number of furan rings is 1. The number of hydrogen-bond acceptors (Lipinski definition) is 3. The predicted octanol–water partition coefficient (Wildman–Crippen LogP) is 3.91. The second-order valence-corrected chi connectivity index (χ2v) is 6.44. The largest absolute Gasteiger partial charge is 0.478 e. The Labute approximate surface area is 147 Å². The SMILES string of the molecule is CCc1ccc(CN(C(=O)c2cc(C(=O)O)c(CC)o2)C2CC2)cc1. The van der Waals surface area contributed by atoms with E-state index in [0.29, 0.717) is 18.7 Å². The van der Waals surface area contributed by atoms with Gasteiger partial charge in [0.05, 0.1) is 0 Å². The zero-order valence-corrected chi connectivity index (χ0v) is 14.6. The van der Waals surface area contributed by atoms with E-state index in [1.54, 1.807) is 4.90 Å². The Morgan fingerprint density at radius 1 is 1.12 bits per heavy atom. The molecular weight excluding hydrogens is 318 g/mol. The second kappa shape index (κ2) is 7.13. The molecule has 0 atom stereocenters. The van der Waals surface area contributed by atoms with Crippen molar-refractivity contribution < 1.29 is 19.1 Å². The number of aryl methyl sites for hydroxylation is 2. The number of nitrogens with zero attached hydrogens (tertiary/aromatic N) is 1. The maximum absolute atomic E-state index is 12.9. The average molecular weight is 341 g/mol. The molecule has 2 aromatic rings. The quantitative estimate of drug-likeness (QED) is 0.829. The third-order valence-corrected chi connectivity index (χ3v) is 4.60. The lowest BCUT2D eigenvalue weighted by Gasteiger charge is -2.21. The monoisotopic (exact) mass is 341 g/mol. The van der Waals surface area contributed by atoms with Gasteiger partial charge in [0.15, 0.2) is 5.76 Å². The van der Waals surface area contributed by atoms with Crippen molar-refractivity contribution in [2.45, 2.75) is 52.1 Å². The lowest BCUT2D eigenvalue weighted by molar-refractivity contribution is 0.0684. The van der Waals surface area contributed by atoms with Crippen LogP contribution in [0.4, 0.5) is 0 Å². The van der Waals surface area contributed by atoms with Crippen LogP contribution >= 0.6 is 0 Å². The van der Waals surface area contributed by atoms with Crippen LogP contribution < -0.4 is 0 Å². The molecule has 1 aliphatic rings. The van der Waals surface area contributed by atoms with Crippen molar-refractivity contribution in [2.24, 2.45) is 0 Å². The molecule has 1 amide bonds. The van der Waals surface area contributed by atoms with Gasteiger partial charge in [0.25, 0.3) is 5.91 Å². The summed E-state index contributed by atoms with van der Waals surface area (Å²) in [5.74, 6) is -0.831. The molecule has 1 heterocycles. The van der Waals surface area contributed by atoms with E-state index < -0.39 is 5.97 Å². The number of carbonyl (C=O) groups excluding carboxylic acids is 1. The van der Waals surface area contributed by atoms with E-state index >= 15 is 0 Å². The standard InChI is InChI=1S/C20H23NO4/c1-3-13-5-7-14(8-6-13)12-21(15-9-10-15)19(22)18-11-16(20(23)24)17(4-2)25-18/h5-8,11,15H,3-4,9-10,12H2,1-2H3,(H,23,24). The molecule has 0 spiro atoms. The van der Waals surface area contributed by atoms with Gasteiger partial charge in [-0.15, -0.1) is 0 Å². The fourth-order valence-electron chi connectivity index (χ4n) is 2.95. The first-order chi connectivity index (χ1) is 12.0. The Hall–Kier alpha value is -2.56. The molecule has 1 saturated carbocycles. The molecule has 1 aliphatic carbocycles. The molecule has 0 aliphatic heterocycles. The van der Waals surface area contributed by atoms with Crippen LogP contribution in [0.15, 0.2) is 34.7 Å². The highest BCUT2D eigenvalue weighted by Crippen LogP contribution is 2.31. The number of amides is 1. The summed E-state index contributed by atoms with van der Waals surface area (Å²) < 4.78 is 5.55. The van der Waals surface area contributed by atoms with Crippen molar-refractivity contribution in [3.63, 3.8) is 0 Å². The smallest absolute Gasteiger partial charge is 0.339 e. The lowest BCUT2D eigenvalue weighted by Crippen LogP contribution is -2.32. The van der Waals surface area contributed by atoms with E-state index in [-0.39, 0.29) is 23.3 Å².